The molecule has 0 aliphatic carbocycles. The molecular formula is C15H20N4O2S. The average molecular weight is 320 g/mol. The van der Waals surface area contributed by atoms with Crippen LogP contribution in [0.5, 0.6) is 0 Å². The van der Waals surface area contributed by atoms with E-state index < -0.39 is 9.84 Å². The van der Waals surface area contributed by atoms with Crippen LogP contribution in [0.15, 0.2) is 29.3 Å². The smallest absolute Gasteiger partial charge is 0.180 e. The van der Waals surface area contributed by atoms with Crippen LogP contribution in [-0.4, -0.2) is 29.6 Å². The second kappa shape index (κ2) is 6.39. The zero-order valence-electron chi connectivity index (χ0n) is 13.2. The van der Waals surface area contributed by atoms with Crippen LogP contribution >= 0.6 is 0 Å². The summed E-state index contributed by atoms with van der Waals surface area (Å²) in [5.41, 5.74) is 1.78. The molecule has 7 heteroatoms. The number of hydrogen-bond donors (Lipinski definition) is 1. The normalized spacial score (nSPS) is 12.9. The number of rotatable bonds is 5. The Morgan fingerprint density at radius 3 is 2.55 bits per heavy atom. The van der Waals surface area contributed by atoms with Crippen LogP contribution in [0.3, 0.4) is 0 Å². The molecule has 6 nitrogen and oxygen atoms in total. The average Bonchev–Trinajstić information content (AvgIpc) is 2.43. The van der Waals surface area contributed by atoms with Gasteiger partial charge in [-0.3, -0.25) is 4.98 Å². The molecule has 0 radical (unpaired) electrons. The fourth-order valence-electron chi connectivity index (χ4n) is 2.14. The zero-order chi connectivity index (χ0) is 16.3. The number of nitrogens with one attached hydrogen (secondary N) is 1. The predicted octanol–water partition coefficient (Wildman–Crippen LogP) is 2.46. The van der Waals surface area contributed by atoms with Crippen molar-refractivity contribution in [3.05, 3.63) is 41.6 Å². The summed E-state index contributed by atoms with van der Waals surface area (Å²) in [6.45, 7) is 5.66. The molecular weight excluding hydrogens is 300 g/mol. The lowest BCUT2D eigenvalue weighted by molar-refractivity contribution is 0.600. The molecule has 0 fully saturated rings. The van der Waals surface area contributed by atoms with Gasteiger partial charge in [0.05, 0.1) is 17.9 Å². The molecule has 0 spiro atoms. The van der Waals surface area contributed by atoms with E-state index >= 15 is 0 Å². The van der Waals surface area contributed by atoms with Gasteiger partial charge in [-0.05, 0) is 32.4 Å². The Hall–Kier alpha value is -2.02. The molecule has 0 saturated carbocycles. The van der Waals surface area contributed by atoms with E-state index in [1.54, 1.807) is 6.92 Å². The minimum Gasteiger partial charge on any atom is -0.361 e. The van der Waals surface area contributed by atoms with E-state index in [4.69, 9.17) is 0 Å². The quantitative estimate of drug-likeness (QED) is 0.911. The maximum Gasteiger partial charge on any atom is 0.180 e. The van der Waals surface area contributed by atoms with E-state index in [1.807, 2.05) is 32.0 Å². The van der Waals surface area contributed by atoms with Crippen molar-refractivity contribution in [2.45, 2.75) is 38.1 Å². The van der Waals surface area contributed by atoms with Crippen molar-refractivity contribution in [2.24, 2.45) is 0 Å². The Morgan fingerprint density at radius 2 is 1.95 bits per heavy atom. The van der Waals surface area contributed by atoms with Gasteiger partial charge in [0.25, 0.3) is 0 Å². The Kier molecular flexibility index (Phi) is 4.75. The third-order valence-corrected chi connectivity index (χ3v) is 4.36. The lowest BCUT2D eigenvalue weighted by atomic mass is 10.1. The molecule has 0 bridgehead atoms. The van der Waals surface area contributed by atoms with Gasteiger partial charge in [-0.25, -0.2) is 18.4 Å². The molecule has 0 amide bonds. The third kappa shape index (κ3) is 3.79. The summed E-state index contributed by atoms with van der Waals surface area (Å²) < 4.78 is 23.8. The predicted molar refractivity (Wildman–Crippen MR) is 85.5 cm³/mol. The molecule has 0 aliphatic rings. The lowest BCUT2D eigenvalue weighted by Crippen LogP contribution is -2.16. The maximum atomic E-state index is 11.9. The highest BCUT2D eigenvalue weighted by molar-refractivity contribution is 7.90. The van der Waals surface area contributed by atoms with Crippen molar-refractivity contribution in [3.8, 4) is 0 Å². The Labute approximate surface area is 131 Å². The van der Waals surface area contributed by atoms with Gasteiger partial charge in [0, 0.05) is 11.9 Å². The summed E-state index contributed by atoms with van der Waals surface area (Å²) in [4.78, 5) is 12.8. The van der Waals surface area contributed by atoms with Crippen LogP contribution in [0.2, 0.25) is 0 Å². The largest absolute Gasteiger partial charge is 0.361 e. The van der Waals surface area contributed by atoms with Crippen molar-refractivity contribution in [1.29, 1.82) is 0 Å². The molecule has 1 unspecified atom stereocenters. The first-order chi connectivity index (χ1) is 10.3. The molecule has 2 aromatic rings. The fraction of sp³-hybridized carbons (Fsp3) is 0.400. The second-order valence-electron chi connectivity index (χ2n) is 5.21. The first-order valence-corrected chi connectivity index (χ1v) is 8.94. The number of anilines is 1. The molecule has 2 aromatic heterocycles. The van der Waals surface area contributed by atoms with Crippen LogP contribution in [0.25, 0.3) is 0 Å². The molecule has 1 N–H and O–H groups in total. The summed E-state index contributed by atoms with van der Waals surface area (Å²) >= 11 is 0. The van der Waals surface area contributed by atoms with E-state index in [-0.39, 0.29) is 10.9 Å². The van der Waals surface area contributed by atoms with Gasteiger partial charge in [-0.2, -0.15) is 0 Å². The number of hydrogen-bond acceptors (Lipinski definition) is 6. The second-order valence-corrected chi connectivity index (χ2v) is 7.20. The molecule has 0 saturated heterocycles. The van der Waals surface area contributed by atoms with Gasteiger partial charge in [-0.15, -0.1) is 0 Å². The van der Waals surface area contributed by atoms with Crippen molar-refractivity contribution in [1.82, 2.24) is 15.0 Å². The minimum absolute atomic E-state index is 0.101. The van der Waals surface area contributed by atoms with Gasteiger partial charge < -0.3 is 5.32 Å². The summed E-state index contributed by atoms with van der Waals surface area (Å²) in [6.07, 6.45) is 3.25. The number of pyridine rings is 1. The highest BCUT2D eigenvalue weighted by Crippen LogP contribution is 2.25. The molecule has 118 valence electrons. The van der Waals surface area contributed by atoms with Gasteiger partial charge in [0.1, 0.15) is 16.5 Å². The van der Waals surface area contributed by atoms with Gasteiger partial charge in [0.15, 0.2) is 9.84 Å². The van der Waals surface area contributed by atoms with Crippen LogP contribution in [-0.2, 0) is 9.84 Å². The van der Waals surface area contributed by atoms with Crippen LogP contribution in [0.1, 0.15) is 36.6 Å². The van der Waals surface area contributed by atoms with Gasteiger partial charge >= 0.3 is 0 Å². The zero-order valence-corrected chi connectivity index (χ0v) is 14.0. The van der Waals surface area contributed by atoms with Crippen LogP contribution in [0.4, 0.5) is 5.82 Å². The van der Waals surface area contributed by atoms with E-state index in [2.05, 4.69) is 20.3 Å². The van der Waals surface area contributed by atoms with E-state index in [9.17, 15) is 8.42 Å². The minimum atomic E-state index is -3.40. The highest BCUT2D eigenvalue weighted by Gasteiger charge is 2.19. The fourth-order valence-corrected chi connectivity index (χ4v) is 2.84. The molecule has 2 heterocycles. The van der Waals surface area contributed by atoms with Crippen LogP contribution in [0, 0.1) is 13.8 Å². The first-order valence-electron chi connectivity index (χ1n) is 7.05. The number of aromatic nitrogens is 3. The van der Waals surface area contributed by atoms with Crippen molar-refractivity contribution in [2.75, 3.05) is 11.6 Å². The van der Waals surface area contributed by atoms with Crippen molar-refractivity contribution in [3.63, 3.8) is 0 Å². The lowest BCUT2D eigenvalue weighted by Gasteiger charge is -2.19. The summed E-state index contributed by atoms with van der Waals surface area (Å²) in [7, 11) is -3.40. The molecule has 2 rings (SSSR count). The number of nitrogens with zero attached hydrogens (tertiary/aromatic N) is 3. The van der Waals surface area contributed by atoms with Crippen molar-refractivity contribution >= 4 is 15.7 Å². The Balaban J connectivity index is 2.42. The SMILES string of the molecule is CCC(Nc1nc(C)ncc1S(C)(=O)=O)c1cccc(C)n1. The standard InChI is InChI=1S/C15H20N4O2S/c1-5-12(13-8-6-7-10(2)17-13)19-15-14(22(4,20)21)9-16-11(3)18-15/h6-9,12H,5H2,1-4H3,(H,16,18,19). The topological polar surface area (TPSA) is 84.8 Å². The van der Waals surface area contributed by atoms with Gasteiger partial charge in [0.2, 0.25) is 0 Å². The summed E-state index contributed by atoms with van der Waals surface area (Å²) in [5, 5.41) is 3.20. The van der Waals surface area contributed by atoms with E-state index in [0.29, 0.717) is 11.6 Å². The molecule has 0 aromatic carbocycles. The number of sulfone groups is 1. The van der Waals surface area contributed by atoms with E-state index in [0.717, 1.165) is 24.1 Å². The molecule has 0 aliphatic heterocycles. The van der Waals surface area contributed by atoms with Crippen LogP contribution < -0.4 is 5.32 Å². The summed E-state index contributed by atoms with van der Waals surface area (Å²) in [5.74, 6) is 0.840. The first kappa shape index (κ1) is 16.4. The van der Waals surface area contributed by atoms with Gasteiger partial charge in [-0.1, -0.05) is 13.0 Å². The highest BCUT2D eigenvalue weighted by atomic mass is 32.2. The Bertz CT molecular complexity index is 775. The monoisotopic (exact) mass is 320 g/mol. The van der Waals surface area contributed by atoms with Crippen molar-refractivity contribution < 1.29 is 8.42 Å². The third-order valence-electron chi connectivity index (χ3n) is 3.26. The Morgan fingerprint density at radius 1 is 1.23 bits per heavy atom. The van der Waals surface area contributed by atoms with E-state index in [1.165, 1.54) is 6.20 Å². The molecule has 22 heavy (non-hydrogen) atoms. The molecule has 1 atom stereocenters. The number of aryl methyl sites for hydroxylation is 2. The summed E-state index contributed by atoms with van der Waals surface area (Å²) in [6, 6.07) is 5.66. The maximum absolute atomic E-state index is 11.9.